The number of rotatable bonds is 4. The normalized spacial score (nSPS) is 12.2. The van der Waals surface area contributed by atoms with Gasteiger partial charge in [0.05, 0.1) is 0 Å². The summed E-state index contributed by atoms with van der Waals surface area (Å²) in [6, 6.07) is 8.92. The number of carbonyl (C=O) groups excluding carboxylic acids is 1. The maximum atomic E-state index is 11.3. The third-order valence-corrected chi connectivity index (χ3v) is 2.97. The lowest BCUT2D eigenvalue weighted by Crippen LogP contribution is -1.99. The summed E-state index contributed by atoms with van der Waals surface area (Å²) < 4.78 is 16.1. The maximum Gasteiger partial charge on any atom is 0.231 e. The summed E-state index contributed by atoms with van der Waals surface area (Å²) in [5.41, 5.74) is 1.53. The van der Waals surface area contributed by atoms with Crippen LogP contribution >= 0.6 is 0 Å². The molecule has 0 amide bonds. The molecule has 2 aromatic rings. The van der Waals surface area contributed by atoms with Gasteiger partial charge in [0.2, 0.25) is 12.7 Å². The molecule has 1 aliphatic heterocycles. The highest BCUT2D eigenvalue weighted by molar-refractivity contribution is 5.94. The predicted molar refractivity (Wildman–Crippen MR) is 71.1 cm³/mol. The summed E-state index contributed by atoms with van der Waals surface area (Å²) in [4.78, 5) is 15.4. The van der Waals surface area contributed by atoms with E-state index in [4.69, 9.17) is 14.2 Å². The van der Waals surface area contributed by atoms with Crippen LogP contribution in [0.4, 0.5) is 0 Å². The molecule has 0 saturated heterocycles. The zero-order valence-corrected chi connectivity index (χ0v) is 11.0. The second kappa shape index (κ2) is 5.21. The van der Waals surface area contributed by atoms with E-state index in [1.54, 1.807) is 18.3 Å². The Bertz CT molecular complexity index is 654. The van der Waals surface area contributed by atoms with E-state index in [0.29, 0.717) is 18.1 Å². The van der Waals surface area contributed by atoms with Gasteiger partial charge in [-0.2, -0.15) is 0 Å². The second-order valence-electron chi connectivity index (χ2n) is 4.42. The molecule has 1 aromatic carbocycles. The number of carbonyl (C=O) groups is 1. The third-order valence-electron chi connectivity index (χ3n) is 2.97. The predicted octanol–water partition coefficient (Wildman–Crippen LogP) is 2.59. The van der Waals surface area contributed by atoms with Crippen molar-refractivity contribution in [3.63, 3.8) is 0 Å². The number of nitrogens with zero attached hydrogens (tertiary/aromatic N) is 1. The fourth-order valence-corrected chi connectivity index (χ4v) is 1.90. The minimum absolute atomic E-state index is 0.0136. The van der Waals surface area contributed by atoms with Crippen molar-refractivity contribution in [3.05, 3.63) is 47.7 Å². The summed E-state index contributed by atoms with van der Waals surface area (Å²) in [7, 11) is 0. The van der Waals surface area contributed by atoms with Gasteiger partial charge in [-0.3, -0.25) is 4.79 Å². The highest BCUT2D eigenvalue weighted by atomic mass is 16.7. The Kier molecular flexibility index (Phi) is 3.25. The molecule has 1 aliphatic rings. The molecule has 1 aromatic heterocycles. The molecule has 5 nitrogen and oxygen atoms in total. The SMILES string of the molecule is CC(=O)c1ccnc(OCc2ccc3c(c2)OCO3)c1. The van der Waals surface area contributed by atoms with Crippen molar-refractivity contribution >= 4 is 5.78 Å². The average molecular weight is 271 g/mol. The quantitative estimate of drug-likeness (QED) is 0.800. The van der Waals surface area contributed by atoms with Gasteiger partial charge in [0.15, 0.2) is 17.3 Å². The molecule has 0 spiro atoms. The van der Waals surface area contributed by atoms with Crippen molar-refractivity contribution in [2.75, 3.05) is 6.79 Å². The van der Waals surface area contributed by atoms with Gasteiger partial charge in [-0.15, -0.1) is 0 Å². The van der Waals surface area contributed by atoms with Crippen molar-refractivity contribution < 1.29 is 19.0 Å². The number of benzene rings is 1. The first-order valence-electron chi connectivity index (χ1n) is 6.21. The first-order chi connectivity index (χ1) is 9.72. The van der Waals surface area contributed by atoms with E-state index in [1.807, 2.05) is 18.2 Å². The Morgan fingerprint density at radius 1 is 1.25 bits per heavy atom. The molecule has 0 radical (unpaired) electrons. The van der Waals surface area contributed by atoms with E-state index in [2.05, 4.69) is 4.98 Å². The van der Waals surface area contributed by atoms with Crippen molar-refractivity contribution in [2.45, 2.75) is 13.5 Å². The second-order valence-corrected chi connectivity index (χ2v) is 4.42. The number of ether oxygens (including phenoxy) is 3. The Morgan fingerprint density at radius 3 is 2.95 bits per heavy atom. The van der Waals surface area contributed by atoms with Crippen molar-refractivity contribution in [3.8, 4) is 17.4 Å². The van der Waals surface area contributed by atoms with Crippen LogP contribution in [0.25, 0.3) is 0 Å². The van der Waals surface area contributed by atoms with Crippen LogP contribution in [0.5, 0.6) is 17.4 Å². The van der Waals surface area contributed by atoms with Crippen LogP contribution in [0.3, 0.4) is 0 Å². The smallest absolute Gasteiger partial charge is 0.231 e. The molecule has 3 rings (SSSR count). The number of aromatic nitrogens is 1. The molecular formula is C15H13NO4. The fourth-order valence-electron chi connectivity index (χ4n) is 1.90. The Balaban J connectivity index is 1.70. The van der Waals surface area contributed by atoms with Crippen LogP contribution in [-0.2, 0) is 6.61 Å². The van der Waals surface area contributed by atoms with Crippen molar-refractivity contribution in [2.24, 2.45) is 0 Å². The maximum absolute atomic E-state index is 11.3. The molecule has 0 unspecified atom stereocenters. The van der Waals surface area contributed by atoms with Crippen molar-refractivity contribution in [1.82, 2.24) is 4.98 Å². The average Bonchev–Trinajstić information content (AvgIpc) is 2.93. The molecule has 0 saturated carbocycles. The van der Waals surface area contributed by atoms with Crippen LogP contribution in [0.1, 0.15) is 22.8 Å². The first-order valence-corrected chi connectivity index (χ1v) is 6.21. The minimum atomic E-state index is -0.0136. The van der Waals surface area contributed by atoms with Gasteiger partial charge in [0.1, 0.15) is 6.61 Å². The number of hydrogen-bond acceptors (Lipinski definition) is 5. The number of hydrogen-bond donors (Lipinski definition) is 0. The fraction of sp³-hybridized carbons (Fsp3) is 0.200. The standard InChI is InChI=1S/C15H13NO4/c1-10(17)12-4-5-16-15(7-12)18-8-11-2-3-13-14(6-11)20-9-19-13/h2-7H,8-9H2,1H3. The van der Waals surface area contributed by atoms with Crippen LogP contribution in [0.2, 0.25) is 0 Å². The monoisotopic (exact) mass is 271 g/mol. The third kappa shape index (κ3) is 2.56. The Labute approximate surface area is 116 Å². The van der Waals surface area contributed by atoms with Gasteiger partial charge in [0.25, 0.3) is 0 Å². The number of fused-ring (bicyclic) bond motifs is 1. The number of Topliss-reactive ketones (excluding diaryl/α,β-unsaturated/α-hetero) is 1. The van der Waals surface area contributed by atoms with E-state index in [1.165, 1.54) is 6.92 Å². The van der Waals surface area contributed by atoms with E-state index >= 15 is 0 Å². The summed E-state index contributed by atoms with van der Waals surface area (Å²) in [6.07, 6.45) is 1.56. The van der Waals surface area contributed by atoms with E-state index in [9.17, 15) is 4.79 Å². The molecule has 0 N–H and O–H groups in total. The molecule has 20 heavy (non-hydrogen) atoms. The van der Waals surface area contributed by atoms with E-state index < -0.39 is 0 Å². The lowest BCUT2D eigenvalue weighted by molar-refractivity contribution is 0.101. The lowest BCUT2D eigenvalue weighted by Gasteiger charge is -2.06. The molecule has 0 fully saturated rings. The molecule has 2 heterocycles. The van der Waals surface area contributed by atoms with Crippen LogP contribution in [0.15, 0.2) is 36.5 Å². The zero-order valence-electron chi connectivity index (χ0n) is 11.0. The van der Waals surface area contributed by atoms with Gasteiger partial charge in [-0.05, 0) is 30.7 Å². The summed E-state index contributed by atoms with van der Waals surface area (Å²) in [5, 5.41) is 0. The highest BCUT2D eigenvalue weighted by Gasteiger charge is 2.13. The van der Waals surface area contributed by atoms with Crippen LogP contribution in [0, 0.1) is 0 Å². The zero-order chi connectivity index (χ0) is 13.9. The van der Waals surface area contributed by atoms with Crippen molar-refractivity contribution in [1.29, 1.82) is 0 Å². The van der Waals surface area contributed by atoms with Gasteiger partial charge in [-0.25, -0.2) is 4.98 Å². The number of pyridine rings is 1. The van der Waals surface area contributed by atoms with Gasteiger partial charge < -0.3 is 14.2 Å². The van der Waals surface area contributed by atoms with Crippen LogP contribution < -0.4 is 14.2 Å². The lowest BCUT2D eigenvalue weighted by atomic mass is 10.2. The summed E-state index contributed by atoms with van der Waals surface area (Å²) in [5.74, 6) is 1.87. The van der Waals surface area contributed by atoms with Gasteiger partial charge in [-0.1, -0.05) is 6.07 Å². The molecule has 0 atom stereocenters. The largest absolute Gasteiger partial charge is 0.473 e. The Morgan fingerprint density at radius 2 is 2.10 bits per heavy atom. The first kappa shape index (κ1) is 12.5. The molecule has 5 heteroatoms. The summed E-state index contributed by atoms with van der Waals surface area (Å²) >= 11 is 0. The summed E-state index contributed by atoms with van der Waals surface area (Å²) in [6.45, 7) is 2.11. The molecule has 102 valence electrons. The molecule has 0 bridgehead atoms. The van der Waals surface area contributed by atoms with Gasteiger partial charge in [0, 0.05) is 17.8 Å². The Hall–Kier alpha value is -2.56. The van der Waals surface area contributed by atoms with E-state index in [-0.39, 0.29) is 12.6 Å². The molecular weight excluding hydrogens is 258 g/mol. The van der Waals surface area contributed by atoms with E-state index in [0.717, 1.165) is 17.1 Å². The van der Waals surface area contributed by atoms with Crippen LogP contribution in [-0.4, -0.2) is 17.6 Å². The number of ketones is 1. The van der Waals surface area contributed by atoms with Gasteiger partial charge >= 0.3 is 0 Å². The highest BCUT2D eigenvalue weighted by Crippen LogP contribution is 2.32. The molecule has 0 aliphatic carbocycles. The topological polar surface area (TPSA) is 57.7 Å². The minimum Gasteiger partial charge on any atom is -0.473 e.